The second-order valence-electron chi connectivity index (χ2n) is 4.51. The number of phenols is 1. The summed E-state index contributed by atoms with van der Waals surface area (Å²) in [7, 11) is 1.51. The Morgan fingerprint density at radius 3 is 2.77 bits per heavy atom. The first-order valence-electron chi connectivity index (χ1n) is 6.78. The molecule has 0 saturated carbocycles. The zero-order valence-corrected chi connectivity index (χ0v) is 14.3. The highest BCUT2D eigenvalue weighted by molar-refractivity contribution is 14.1. The third kappa shape index (κ3) is 4.27. The third-order valence-electron chi connectivity index (χ3n) is 2.97. The Morgan fingerprint density at radius 2 is 2.05 bits per heavy atom. The number of halogens is 1. The van der Waals surface area contributed by atoms with Crippen LogP contribution in [0.3, 0.4) is 0 Å². The first-order valence-corrected chi connectivity index (χ1v) is 7.86. The van der Waals surface area contributed by atoms with E-state index >= 15 is 0 Å². The highest BCUT2D eigenvalue weighted by atomic mass is 127. The van der Waals surface area contributed by atoms with Gasteiger partial charge in [-0.1, -0.05) is 12.1 Å². The number of phenolic OH excluding ortho intramolecular Hbond substituents is 1. The molecule has 22 heavy (non-hydrogen) atoms. The molecule has 6 heteroatoms. The van der Waals surface area contributed by atoms with Gasteiger partial charge in [-0.2, -0.15) is 0 Å². The highest BCUT2D eigenvalue weighted by Crippen LogP contribution is 2.27. The van der Waals surface area contributed by atoms with Crippen LogP contribution in [0.25, 0.3) is 0 Å². The Kier molecular flexibility index (Phi) is 5.88. The molecule has 2 aromatic carbocycles. The quantitative estimate of drug-likeness (QED) is 0.504. The lowest BCUT2D eigenvalue weighted by atomic mass is 10.1. The van der Waals surface area contributed by atoms with Gasteiger partial charge in [0.15, 0.2) is 0 Å². The molecule has 0 aromatic heterocycles. The van der Waals surface area contributed by atoms with Crippen LogP contribution in [0.1, 0.15) is 10.4 Å². The lowest BCUT2D eigenvalue weighted by Gasteiger charge is -2.13. The summed E-state index contributed by atoms with van der Waals surface area (Å²) in [4.78, 5) is 11.8. The number of benzene rings is 2. The second-order valence-corrected chi connectivity index (χ2v) is 5.76. The number of ether oxygens (including phenoxy) is 1. The molecule has 116 valence electrons. The summed E-state index contributed by atoms with van der Waals surface area (Å²) < 4.78 is 6.76. The average molecular weight is 412 g/mol. The van der Waals surface area contributed by atoms with Gasteiger partial charge in [0.05, 0.1) is 0 Å². The summed E-state index contributed by atoms with van der Waals surface area (Å²) in [5.74, 6) is -0.107. The smallest absolute Gasteiger partial charge is 0.258 e. The van der Waals surface area contributed by atoms with E-state index < -0.39 is 0 Å². The first kappa shape index (κ1) is 16.4. The molecule has 0 bridgehead atoms. The summed E-state index contributed by atoms with van der Waals surface area (Å²) in [6.07, 6.45) is 0. The van der Waals surface area contributed by atoms with Gasteiger partial charge in [0.2, 0.25) is 0 Å². The second kappa shape index (κ2) is 7.88. The fourth-order valence-corrected chi connectivity index (χ4v) is 2.49. The number of anilines is 1. The third-order valence-corrected chi connectivity index (χ3v) is 3.64. The van der Waals surface area contributed by atoms with Crippen LogP contribution in [0.15, 0.2) is 42.5 Å². The number of hydrogen-bond acceptors (Lipinski definition) is 4. The predicted octanol–water partition coefficient (Wildman–Crippen LogP) is 2.85. The van der Waals surface area contributed by atoms with Gasteiger partial charge >= 0.3 is 0 Å². The predicted molar refractivity (Wildman–Crippen MR) is 94.6 cm³/mol. The maximum atomic E-state index is 11.8. The van der Waals surface area contributed by atoms with Crippen molar-refractivity contribution in [1.29, 1.82) is 0 Å². The van der Waals surface area contributed by atoms with Crippen LogP contribution in [0, 0.1) is 3.57 Å². The number of rotatable bonds is 6. The van der Waals surface area contributed by atoms with E-state index in [-0.39, 0.29) is 17.2 Å². The number of hydrogen-bond donors (Lipinski definition) is 3. The fraction of sp³-hybridized carbons (Fsp3) is 0.188. The number of aromatic hydroxyl groups is 1. The molecular formula is C16H17IN2O3. The molecule has 1 amide bonds. The molecular weight excluding hydrogens is 395 g/mol. The molecule has 0 spiro atoms. The molecule has 0 atom stereocenters. The minimum Gasteiger partial charge on any atom is -0.507 e. The summed E-state index contributed by atoms with van der Waals surface area (Å²) >= 11 is 2.25. The van der Waals surface area contributed by atoms with Crippen LogP contribution in [0.2, 0.25) is 0 Å². The zero-order chi connectivity index (χ0) is 15.9. The minimum absolute atomic E-state index is 0.0950. The lowest BCUT2D eigenvalue weighted by Crippen LogP contribution is -2.20. The van der Waals surface area contributed by atoms with Gasteiger partial charge in [-0.15, -0.1) is 0 Å². The normalized spacial score (nSPS) is 10.1. The van der Waals surface area contributed by atoms with Crippen molar-refractivity contribution in [2.45, 2.75) is 0 Å². The first-order chi connectivity index (χ1) is 10.6. The van der Waals surface area contributed by atoms with E-state index in [9.17, 15) is 9.90 Å². The van der Waals surface area contributed by atoms with Crippen molar-refractivity contribution < 1.29 is 14.6 Å². The van der Waals surface area contributed by atoms with Crippen molar-refractivity contribution in [3.63, 3.8) is 0 Å². The largest absolute Gasteiger partial charge is 0.507 e. The van der Waals surface area contributed by atoms with E-state index in [1.54, 1.807) is 12.1 Å². The van der Waals surface area contributed by atoms with Crippen molar-refractivity contribution in [3.8, 4) is 11.5 Å². The Morgan fingerprint density at radius 1 is 1.27 bits per heavy atom. The van der Waals surface area contributed by atoms with Crippen LogP contribution in [0.4, 0.5) is 5.69 Å². The molecule has 0 aliphatic carbocycles. The van der Waals surface area contributed by atoms with Gasteiger partial charge in [0, 0.05) is 22.8 Å². The van der Waals surface area contributed by atoms with E-state index in [0.717, 1.165) is 9.26 Å². The van der Waals surface area contributed by atoms with Gasteiger partial charge in [-0.25, -0.2) is 0 Å². The van der Waals surface area contributed by atoms with Gasteiger partial charge in [0.1, 0.15) is 23.7 Å². The minimum atomic E-state index is -0.376. The molecule has 0 aliphatic rings. The molecule has 0 saturated heterocycles. The standard InChI is InChI=1S/C16H17IN2O3/c1-18-16(21)15-13(20)6-3-7-14(15)22-9-8-19-12-5-2-4-11(17)10-12/h2-7,10,19-20H,8-9H2,1H3,(H,18,21). The number of amides is 1. The lowest BCUT2D eigenvalue weighted by molar-refractivity contribution is 0.0956. The van der Waals surface area contributed by atoms with Crippen LogP contribution in [-0.4, -0.2) is 31.2 Å². The van der Waals surface area contributed by atoms with Crippen LogP contribution in [-0.2, 0) is 0 Å². The molecule has 5 nitrogen and oxygen atoms in total. The maximum absolute atomic E-state index is 11.8. The molecule has 3 N–H and O–H groups in total. The van der Waals surface area contributed by atoms with Gasteiger partial charge < -0.3 is 20.5 Å². The number of carbonyl (C=O) groups excluding carboxylic acids is 1. The Balaban J connectivity index is 1.95. The average Bonchev–Trinajstić information content (AvgIpc) is 2.51. The van der Waals surface area contributed by atoms with E-state index in [1.807, 2.05) is 24.3 Å². The SMILES string of the molecule is CNC(=O)c1c(O)cccc1OCCNc1cccc(I)c1. The van der Waals surface area contributed by atoms with Crippen LogP contribution < -0.4 is 15.4 Å². The fourth-order valence-electron chi connectivity index (χ4n) is 1.95. The van der Waals surface area contributed by atoms with E-state index in [0.29, 0.717) is 18.9 Å². The Labute approximate surface area is 142 Å². The van der Waals surface area contributed by atoms with Crippen molar-refractivity contribution in [3.05, 3.63) is 51.6 Å². The molecule has 2 aromatic rings. The molecule has 0 aliphatic heterocycles. The number of nitrogens with one attached hydrogen (secondary N) is 2. The van der Waals surface area contributed by atoms with Crippen molar-refractivity contribution in [2.75, 3.05) is 25.5 Å². The molecule has 0 fully saturated rings. The number of carbonyl (C=O) groups is 1. The van der Waals surface area contributed by atoms with Crippen molar-refractivity contribution in [1.82, 2.24) is 5.32 Å². The van der Waals surface area contributed by atoms with Gasteiger partial charge in [-0.3, -0.25) is 4.79 Å². The van der Waals surface area contributed by atoms with Crippen LogP contribution in [0.5, 0.6) is 11.5 Å². The summed E-state index contributed by atoms with van der Waals surface area (Å²) in [6.45, 7) is 0.960. The van der Waals surface area contributed by atoms with E-state index in [2.05, 4.69) is 33.2 Å². The van der Waals surface area contributed by atoms with Gasteiger partial charge in [0.25, 0.3) is 5.91 Å². The molecule has 0 heterocycles. The van der Waals surface area contributed by atoms with E-state index in [4.69, 9.17) is 4.74 Å². The summed E-state index contributed by atoms with van der Waals surface area (Å²) in [6, 6.07) is 12.8. The monoisotopic (exact) mass is 412 g/mol. The van der Waals surface area contributed by atoms with Gasteiger partial charge in [-0.05, 0) is 52.9 Å². The topological polar surface area (TPSA) is 70.6 Å². The summed E-state index contributed by atoms with van der Waals surface area (Å²) in [5, 5.41) is 15.5. The molecule has 0 radical (unpaired) electrons. The van der Waals surface area contributed by atoms with E-state index in [1.165, 1.54) is 13.1 Å². The molecule has 0 unspecified atom stereocenters. The Hall–Kier alpha value is -1.96. The van der Waals surface area contributed by atoms with Crippen molar-refractivity contribution >= 4 is 34.2 Å². The Bertz CT molecular complexity index is 662. The van der Waals surface area contributed by atoms with Crippen LogP contribution >= 0.6 is 22.6 Å². The molecule has 2 rings (SSSR count). The maximum Gasteiger partial charge on any atom is 0.258 e. The highest BCUT2D eigenvalue weighted by Gasteiger charge is 2.15. The zero-order valence-electron chi connectivity index (χ0n) is 12.1. The summed E-state index contributed by atoms with van der Waals surface area (Å²) in [5.41, 5.74) is 1.16. The van der Waals surface area contributed by atoms with Crippen molar-refractivity contribution in [2.24, 2.45) is 0 Å².